The van der Waals surface area contributed by atoms with Crippen LogP contribution >= 0.6 is 11.6 Å². The highest BCUT2D eigenvalue weighted by atomic mass is 35.5. The molecule has 1 aliphatic heterocycles. The van der Waals surface area contributed by atoms with Crippen molar-refractivity contribution in [1.82, 2.24) is 30.2 Å². The zero-order chi connectivity index (χ0) is 24.5. The highest BCUT2D eigenvalue weighted by Crippen LogP contribution is 2.29. The van der Waals surface area contributed by atoms with E-state index in [0.29, 0.717) is 33.3 Å². The van der Waals surface area contributed by atoms with Crippen molar-refractivity contribution < 1.29 is 30.4 Å². The molecule has 4 heterocycles. The first-order valence-electron chi connectivity index (χ1n) is 10.1. The number of ether oxygens (including phenoxy) is 1. The van der Waals surface area contributed by atoms with Crippen LogP contribution in [0.3, 0.4) is 0 Å². The second-order valence-corrected chi connectivity index (χ2v) is 7.89. The van der Waals surface area contributed by atoms with E-state index >= 15 is 0 Å². The van der Waals surface area contributed by atoms with E-state index in [0.717, 1.165) is 0 Å². The van der Waals surface area contributed by atoms with Crippen LogP contribution < -0.4 is 10.2 Å². The molecule has 1 atom stereocenters. The quantitative estimate of drug-likeness (QED) is 0.564. The Labute approximate surface area is 199 Å². The molecule has 10 nitrogen and oxygen atoms in total. The molecular formula is C20H23ClF3N7O3. The fraction of sp³-hybridized carbons (Fsp3) is 0.350. The summed E-state index contributed by atoms with van der Waals surface area (Å²) in [6, 6.07) is 2.12. The second-order valence-electron chi connectivity index (χ2n) is 7.45. The number of aromatic nitrogens is 4. The fourth-order valence-electron chi connectivity index (χ4n) is 3.68. The molecule has 2 amide bonds. The standard InChI is InChI=1S/C20H19ClF3N7O3.2H2/c1-34-19(33)30-4-5-31(14(9-30)18(32)28-10-20(22,23)24)15-2-3-25-17(29-15)13-8-27-16-12(13)6-11(21)7-26-16;;/h2-3,6-8,14H,4-5,9-10H2,1H3,(H,26,27)(H,28,32);2*1H/t14-;;/m0../s1. The van der Waals surface area contributed by atoms with Crippen molar-refractivity contribution in [2.24, 2.45) is 0 Å². The summed E-state index contributed by atoms with van der Waals surface area (Å²) in [5.41, 5.74) is 1.18. The number of hydrogen-bond donors (Lipinski definition) is 2. The molecule has 1 aliphatic rings. The van der Waals surface area contributed by atoms with Gasteiger partial charge in [0.25, 0.3) is 0 Å². The van der Waals surface area contributed by atoms with Crippen LogP contribution in [0.4, 0.5) is 23.8 Å². The Morgan fingerprint density at radius 2 is 2.15 bits per heavy atom. The van der Waals surface area contributed by atoms with Crippen LogP contribution in [0, 0.1) is 0 Å². The smallest absolute Gasteiger partial charge is 0.409 e. The number of carbonyl (C=O) groups is 2. The molecule has 4 rings (SSSR count). The average molecular weight is 502 g/mol. The van der Waals surface area contributed by atoms with Gasteiger partial charge in [-0.15, -0.1) is 0 Å². The minimum Gasteiger partial charge on any atom is -0.453 e. The van der Waals surface area contributed by atoms with E-state index in [4.69, 9.17) is 16.3 Å². The first-order chi connectivity index (χ1) is 16.2. The van der Waals surface area contributed by atoms with Gasteiger partial charge >= 0.3 is 12.3 Å². The Morgan fingerprint density at radius 3 is 2.88 bits per heavy atom. The molecule has 0 unspecified atom stereocenters. The predicted octanol–water partition coefficient (Wildman–Crippen LogP) is 3.10. The predicted molar refractivity (Wildman–Crippen MR) is 121 cm³/mol. The number of carbonyl (C=O) groups excluding carboxylic acids is 2. The third-order valence-corrected chi connectivity index (χ3v) is 5.46. The monoisotopic (exact) mass is 501 g/mol. The van der Waals surface area contributed by atoms with Gasteiger partial charge < -0.3 is 24.8 Å². The zero-order valence-corrected chi connectivity index (χ0v) is 18.5. The minimum atomic E-state index is -4.58. The maximum absolute atomic E-state index is 12.7. The molecule has 34 heavy (non-hydrogen) atoms. The first-order valence-corrected chi connectivity index (χ1v) is 10.4. The molecule has 0 aliphatic carbocycles. The fourth-order valence-corrected chi connectivity index (χ4v) is 3.84. The lowest BCUT2D eigenvalue weighted by molar-refractivity contribution is -0.139. The Balaban J connectivity index is 0.00000228. The molecule has 0 bridgehead atoms. The maximum atomic E-state index is 12.7. The first kappa shape index (κ1) is 23.5. The summed E-state index contributed by atoms with van der Waals surface area (Å²) in [4.78, 5) is 43.5. The van der Waals surface area contributed by atoms with Gasteiger partial charge in [-0.25, -0.2) is 19.7 Å². The number of nitrogens with one attached hydrogen (secondary N) is 2. The average Bonchev–Trinajstić information content (AvgIpc) is 3.24. The van der Waals surface area contributed by atoms with Gasteiger partial charge in [-0.3, -0.25) is 4.79 Å². The molecule has 3 aromatic rings. The van der Waals surface area contributed by atoms with Gasteiger partial charge in [0.15, 0.2) is 5.82 Å². The Hall–Kier alpha value is -3.61. The van der Waals surface area contributed by atoms with Gasteiger partial charge in [-0.05, 0) is 12.1 Å². The van der Waals surface area contributed by atoms with Crippen molar-refractivity contribution >= 4 is 40.5 Å². The zero-order valence-electron chi connectivity index (χ0n) is 17.8. The molecule has 1 saturated heterocycles. The number of rotatable bonds is 4. The number of H-pyrrole nitrogens is 1. The molecule has 2 N–H and O–H groups in total. The van der Waals surface area contributed by atoms with Crippen LogP contribution in [0.2, 0.25) is 5.02 Å². The van der Waals surface area contributed by atoms with E-state index in [9.17, 15) is 22.8 Å². The number of pyridine rings is 1. The Morgan fingerprint density at radius 1 is 1.35 bits per heavy atom. The second kappa shape index (κ2) is 9.33. The number of alkyl halides is 3. The van der Waals surface area contributed by atoms with Crippen LogP contribution in [0.15, 0.2) is 30.7 Å². The van der Waals surface area contributed by atoms with Crippen molar-refractivity contribution in [3.8, 4) is 11.4 Å². The molecule has 0 aromatic carbocycles. The third kappa shape index (κ3) is 4.98. The van der Waals surface area contributed by atoms with Crippen LogP contribution in [0.25, 0.3) is 22.4 Å². The number of piperazine rings is 1. The van der Waals surface area contributed by atoms with E-state index in [1.54, 1.807) is 18.3 Å². The summed E-state index contributed by atoms with van der Waals surface area (Å²) in [5, 5.41) is 2.99. The number of amides is 2. The topological polar surface area (TPSA) is 116 Å². The third-order valence-electron chi connectivity index (χ3n) is 5.25. The SMILES string of the molecule is COC(=O)N1CCN(c2ccnc(-c3c[nH]c4ncc(Cl)cc34)n2)[C@H](C(=O)NCC(F)(F)F)C1.[HH].[HH]. The number of halogens is 4. The molecule has 0 radical (unpaired) electrons. The van der Waals surface area contributed by atoms with Crippen LogP contribution in [0.5, 0.6) is 0 Å². The minimum absolute atomic E-state index is 0. The molecule has 0 spiro atoms. The van der Waals surface area contributed by atoms with Crippen molar-refractivity contribution in [3.63, 3.8) is 0 Å². The normalized spacial score (nSPS) is 16.6. The largest absolute Gasteiger partial charge is 0.453 e. The number of aromatic amines is 1. The number of anilines is 1. The van der Waals surface area contributed by atoms with Crippen LogP contribution in [0.1, 0.15) is 2.85 Å². The van der Waals surface area contributed by atoms with Crippen molar-refractivity contribution in [2.75, 3.05) is 38.2 Å². The van der Waals surface area contributed by atoms with Gasteiger partial charge in [0, 0.05) is 45.5 Å². The summed E-state index contributed by atoms with van der Waals surface area (Å²) in [5.74, 6) is -0.280. The molecular weight excluding hydrogens is 479 g/mol. The Bertz CT molecular complexity index is 1230. The van der Waals surface area contributed by atoms with Gasteiger partial charge in [-0.2, -0.15) is 13.2 Å². The maximum Gasteiger partial charge on any atom is 0.409 e. The van der Waals surface area contributed by atoms with E-state index < -0.39 is 30.8 Å². The molecule has 0 saturated carbocycles. The van der Waals surface area contributed by atoms with E-state index in [1.807, 2.05) is 5.32 Å². The highest BCUT2D eigenvalue weighted by Gasteiger charge is 2.37. The van der Waals surface area contributed by atoms with Gasteiger partial charge in [0.05, 0.1) is 18.7 Å². The summed E-state index contributed by atoms with van der Waals surface area (Å²) >= 11 is 6.06. The van der Waals surface area contributed by atoms with Crippen molar-refractivity contribution in [2.45, 2.75) is 12.2 Å². The lowest BCUT2D eigenvalue weighted by Gasteiger charge is -2.40. The van der Waals surface area contributed by atoms with Crippen LogP contribution in [-0.4, -0.2) is 82.3 Å². The van der Waals surface area contributed by atoms with E-state index in [2.05, 4.69) is 19.9 Å². The number of hydrogen-bond acceptors (Lipinski definition) is 7. The summed E-state index contributed by atoms with van der Waals surface area (Å²) < 4.78 is 42.7. The summed E-state index contributed by atoms with van der Waals surface area (Å²) in [6.45, 7) is -1.35. The van der Waals surface area contributed by atoms with Crippen LogP contribution in [-0.2, 0) is 9.53 Å². The van der Waals surface area contributed by atoms with Gasteiger partial charge in [0.1, 0.15) is 24.1 Å². The van der Waals surface area contributed by atoms with Gasteiger partial charge in [0.2, 0.25) is 5.91 Å². The van der Waals surface area contributed by atoms with E-state index in [-0.39, 0.29) is 22.5 Å². The molecule has 3 aromatic heterocycles. The lowest BCUT2D eigenvalue weighted by atomic mass is 10.1. The summed E-state index contributed by atoms with van der Waals surface area (Å²) in [7, 11) is 1.19. The number of fused-ring (bicyclic) bond motifs is 1. The highest BCUT2D eigenvalue weighted by molar-refractivity contribution is 6.31. The van der Waals surface area contributed by atoms with Gasteiger partial charge in [-0.1, -0.05) is 11.6 Å². The van der Waals surface area contributed by atoms with Crippen molar-refractivity contribution in [1.29, 1.82) is 0 Å². The molecule has 1 fully saturated rings. The number of nitrogens with zero attached hydrogens (tertiary/aromatic N) is 5. The summed E-state index contributed by atoms with van der Waals surface area (Å²) in [6.07, 6.45) is -0.627. The van der Waals surface area contributed by atoms with Crippen molar-refractivity contribution in [3.05, 3.63) is 35.7 Å². The van der Waals surface area contributed by atoms with E-state index in [1.165, 1.54) is 29.3 Å². The Kier molecular flexibility index (Phi) is 6.46. The number of methoxy groups -OCH3 is 1. The lowest BCUT2D eigenvalue weighted by Crippen LogP contribution is -2.61. The molecule has 14 heteroatoms. The molecule has 184 valence electrons.